The predicted molar refractivity (Wildman–Crippen MR) is 77.5 cm³/mol. The first kappa shape index (κ1) is 13.0. The number of nitrogens with zero attached hydrogens (tertiary/aromatic N) is 1. The monoisotopic (exact) mass is 273 g/mol. The Morgan fingerprint density at radius 1 is 1.35 bits per heavy atom. The summed E-state index contributed by atoms with van der Waals surface area (Å²) in [6.45, 7) is 2.60. The summed E-state index contributed by atoms with van der Waals surface area (Å²) < 4.78 is 7.79. The van der Waals surface area contributed by atoms with Gasteiger partial charge in [-0.1, -0.05) is 0 Å². The summed E-state index contributed by atoms with van der Waals surface area (Å²) in [6, 6.07) is 7.57. The van der Waals surface area contributed by atoms with Crippen molar-refractivity contribution < 1.29 is 14.6 Å². The highest BCUT2D eigenvalue weighted by molar-refractivity contribution is 5.95. The molecule has 0 unspecified atom stereocenters. The quantitative estimate of drug-likeness (QED) is 0.924. The van der Waals surface area contributed by atoms with E-state index < -0.39 is 5.97 Å². The van der Waals surface area contributed by atoms with Gasteiger partial charge in [-0.3, -0.25) is 0 Å². The predicted octanol–water partition coefficient (Wildman–Crippen LogP) is 3.68. The Morgan fingerprint density at radius 2 is 2.10 bits per heavy atom. The van der Waals surface area contributed by atoms with Gasteiger partial charge in [-0.2, -0.15) is 0 Å². The third kappa shape index (κ3) is 2.26. The maximum absolute atomic E-state index is 11.3. The molecule has 0 atom stereocenters. The summed E-state index contributed by atoms with van der Waals surface area (Å²) >= 11 is 0. The van der Waals surface area contributed by atoms with Crippen LogP contribution in [0.1, 0.15) is 43.1 Å². The SMILES string of the molecule is CCn1c(C(=O)O)cc2cc(OC3CCCC3)ccc21. The number of hydrogen-bond donors (Lipinski definition) is 1. The summed E-state index contributed by atoms with van der Waals surface area (Å²) in [5.41, 5.74) is 1.28. The van der Waals surface area contributed by atoms with Crippen molar-refractivity contribution in [1.29, 1.82) is 0 Å². The van der Waals surface area contributed by atoms with E-state index in [1.807, 2.05) is 29.7 Å². The number of fused-ring (bicyclic) bond motifs is 1. The standard InChI is InChI=1S/C16H19NO3/c1-2-17-14-8-7-13(20-12-5-3-4-6-12)9-11(14)10-15(17)16(18)19/h7-10,12H,2-6H2,1H3,(H,18,19). The fourth-order valence-corrected chi connectivity index (χ4v) is 3.04. The number of aromatic carboxylic acids is 1. The molecule has 0 spiro atoms. The minimum atomic E-state index is -0.888. The van der Waals surface area contributed by atoms with Crippen LogP contribution in [-0.2, 0) is 6.54 Å². The number of ether oxygens (including phenoxy) is 1. The number of aromatic nitrogens is 1. The van der Waals surface area contributed by atoms with E-state index in [0.29, 0.717) is 18.3 Å². The Hall–Kier alpha value is -1.97. The molecule has 0 saturated heterocycles. The van der Waals surface area contributed by atoms with Crippen molar-refractivity contribution in [3.05, 3.63) is 30.0 Å². The van der Waals surface area contributed by atoms with E-state index >= 15 is 0 Å². The molecule has 1 saturated carbocycles. The average molecular weight is 273 g/mol. The molecule has 0 aliphatic heterocycles. The number of rotatable bonds is 4. The van der Waals surface area contributed by atoms with E-state index in [1.54, 1.807) is 6.07 Å². The molecular formula is C16H19NO3. The van der Waals surface area contributed by atoms with Crippen LogP contribution in [0.15, 0.2) is 24.3 Å². The lowest BCUT2D eigenvalue weighted by Gasteiger charge is -2.13. The van der Waals surface area contributed by atoms with Gasteiger partial charge in [0, 0.05) is 17.4 Å². The van der Waals surface area contributed by atoms with E-state index in [9.17, 15) is 9.90 Å². The van der Waals surface area contributed by atoms with Crippen molar-refractivity contribution in [2.24, 2.45) is 0 Å². The normalized spacial score (nSPS) is 15.8. The van der Waals surface area contributed by atoms with Gasteiger partial charge in [-0.25, -0.2) is 4.79 Å². The zero-order valence-corrected chi connectivity index (χ0v) is 11.6. The Labute approximate surface area is 118 Å². The Kier molecular flexibility index (Phi) is 3.38. The number of carbonyl (C=O) groups is 1. The molecule has 4 heteroatoms. The zero-order valence-electron chi connectivity index (χ0n) is 11.6. The number of benzene rings is 1. The van der Waals surface area contributed by atoms with Crippen LogP contribution in [0.25, 0.3) is 10.9 Å². The second-order valence-corrected chi connectivity index (χ2v) is 5.32. The van der Waals surface area contributed by atoms with Gasteiger partial charge in [0.1, 0.15) is 11.4 Å². The summed E-state index contributed by atoms with van der Waals surface area (Å²) in [4.78, 5) is 11.3. The van der Waals surface area contributed by atoms with E-state index in [2.05, 4.69) is 0 Å². The highest BCUT2D eigenvalue weighted by atomic mass is 16.5. The molecule has 1 aromatic heterocycles. The van der Waals surface area contributed by atoms with Crippen LogP contribution < -0.4 is 4.74 Å². The smallest absolute Gasteiger partial charge is 0.352 e. The lowest BCUT2D eigenvalue weighted by molar-refractivity contribution is 0.0686. The zero-order chi connectivity index (χ0) is 14.1. The molecule has 20 heavy (non-hydrogen) atoms. The first-order valence-corrected chi connectivity index (χ1v) is 7.22. The molecule has 1 aromatic carbocycles. The molecule has 0 amide bonds. The van der Waals surface area contributed by atoms with Gasteiger partial charge in [-0.05, 0) is 56.9 Å². The van der Waals surface area contributed by atoms with Crippen LogP contribution in [0.3, 0.4) is 0 Å². The second-order valence-electron chi connectivity index (χ2n) is 5.32. The fourth-order valence-electron chi connectivity index (χ4n) is 3.04. The lowest BCUT2D eigenvalue weighted by atomic mass is 10.2. The van der Waals surface area contributed by atoms with Gasteiger partial charge >= 0.3 is 5.97 Å². The number of carboxylic acid groups (broad SMARTS) is 1. The second kappa shape index (κ2) is 5.19. The molecule has 1 N–H and O–H groups in total. The minimum Gasteiger partial charge on any atom is -0.490 e. The van der Waals surface area contributed by atoms with Crippen LogP contribution in [0.5, 0.6) is 5.75 Å². The largest absolute Gasteiger partial charge is 0.490 e. The van der Waals surface area contributed by atoms with Crippen molar-refractivity contribution in [1.82, 2.24) is 4.57 Å². The summed E-state index contributed by atoms with van der Waals surface area (Å²) in [6.07, 6.45) is 5.03. The van der Waals surface area contributed by atoms with Gasteiger partial charge in [0.15, 0.2) is 0 Å². The van der Waals surface area contributed by atoms with Crippen molar-refractivity contribution in [3.8, 4) is 5.75 Å². The molecule has 3 rings (SSSR count). The molecule has 1 heterocycles. The molecule has 1 aliphatic rings. The third-order valence-electron chi connectivity index (χ3n) is 4.01. The molecule has 4 nitrogen and oxygen atoms in total. The Balaban J connectivity index is 1.96. The number of carboxylic acids is 1. The van der Waals surface area contributed by atoms with Gasteiger partial charge in [0.25, 0.3) is 0 Å². The maximum atomic E-state index is 11.3. The van der Waals surface area contributed by atoms with Gasteiger partial charge in [-0.15, -0.1) is 0 Å². The lowest BCUT2D eigenvalue weighted by Crippen LogP contribution is -2.10. The van der Waals surface area contributed by atoms with Crippen molar-refractivity contribution in [3.63, 3.8) is 0 Å². The first-order valence-electron chi connectivity index (χ1n) is 7.22. The maximum Gasteiger partial charge on any atom is 0.352 e. The first-order chi connectivity index (χ1) is 9.69. The molecule has 1 fully saturated rings. The van der Waals surface area contributed by atoms with E-state index in [-0.39, 0.29) is 0 Å². The van der Waals surface area contributed by atoms with Crippen molar-refractivity contribution in [2.75, 3.05) is 0 Å². The van der Waals surface area contributed by atoms with Crippen LogP contribution in [0.2, 0.25) is 0 Å². The summed E-state index contributed by atoms with van der Waals surface area (Å²) in [5.74, 6) is -0.0455. The highest BCUT2D eigenvalue weighted by Crippen LogP contribution is 2.28. The topological polar surface area (TPSA) is 51.5 Å². The fraction of sp³-hybridized carbons (Fsp3) is 0.438. The van der Waals surface area contributed by atoms with Crippen molar-refractivity contribution in [2.45, 2.75) is 45.3 Å². The summed E-state index contributed by atoms with van der Waals surface area (Å²) in [5, 5.41) is 10.2. The Bertz CT molecular complexity index is 638. The third-order valence-corrected chi connectivity index (χ3v) is 4.01. The van der Waals surface area contributed by atoms with Crippen LogP contribution in [0, 0.1) is 0 Å². The molecular weight excluding hydrogens is 254 g/mol. The number of hydrogen-bond acceptors (Lipinski definition) is 2. The molecule has 1 aliphatic carbocycles. The van der Waals surface area contributed by atoms with Gasteiger partial charge < -0.3 is 14.4 Å². The van der Waals surface area contributed by atoms with Crippen LogP contribution in [0.4, 0.5) is 0 Å². The van der Waals surface area contributed by atoms with Crippen LogP contribution >= 0.6 is 0 Å². The summed E-state index contributed by atoms with van der Waals surface area (Å²) in [7, 11) is 0. The molecule has 0 bridgehead atoms. The van der Waals surface area contributed by atoms with E-state index in [4.69, 9.17) is 4.74 Å². The number of aryl methyl sites for hydroxylation is 1. The van der Waals surface area contributed by atoms with Crippen LogP contribution in [-0.4, -0.2) is 21.7 Å². The van der Waals surface area contributed by atoms with E-state index in [0.717, 1.165) is 29.5 Å². The Morgan fingerprint density at radius 3 is 2.75 bits per heavy atom. The molecule has 2 aromatic rings. The van der Waals surface area contributed by atoms with Gasteiger partial charge in [0.2, 0.25) is 0 Å². The average Bonchev–Trinajstić information content (AvgIpc) is 3.04. The molecule has 106 valence electrons. The highest BCUT2D eigenvalue weighted by Gasteiger charge is 2.18. The minimum absolute atomic E-state index is 0.319. The van der Waals surface area contributed by atoms with E-state index in [1.165, 1.54) is 12.8 Å². The van der Waals surface area contributed by atoms with Crippen molar-refractivity contribution >= 4 is 16.9 Å². The molecule has 0 radical (unpaired) electrons. The van der Waals surface area contributed by atoms with Gasteiger partial charge in [0.05, 0.1) is 6.10 Å².